The van der Waals surface area contributed by atoms with E-state index in [1.165, 1.54) is 4.88 Å². The molecule has 0 bridgehead atoms. The van der Waals surface area contributed by atoms with Gasteiger partial charge in [-0.05, 0) is 25.3 Å². The van der Waals surface area contributed by atoms with Crippen LogP contribution >= 0.6 is 22.9 Å². The number of hydrogen-bond donors (Lipinski definition) is 1. The standard InChI is InChI=1S/C13H18ClN3S/c1-8(2)4-10(6-14)17-12-11-5-9(3)18-13(11)16-7-15-12/h5,7-8,10H,4,6H2,1-3H3,(H,15,16,17). The smallest absolute Gasteiger partial charge is 0.138 e. The minimum Gasteiger partial charge on any atom is -0.365 e. The van der Waals surface area contributed by atoms with Crippen LogP contribution in [0.1, 0.15) is 25.1 Å². The van der Waals surface area contributed by atoms with Crippen LogP contribution in [0.5, 0.6) is 0 Å². The van der Waals surface area contributed by atoms with Crippen molar-refractivity contribution in [2.24, 2.45) is 5.92 Å². The maximum absolute atomic E-state index is 6.01. The topological polar surface area (TPSA) is 37.8 Å². The van der Waals surface area contributed by atoms with Crippen molar-refractivity contribution in [1.29, 1.82) is 0 Å². The van der Waals surface area contributed by atoms with E-state index in [0.29, 0.717) is 11.8 Å². The van der Waals surface area contributed by atoms with E-state index in [4.69, 9.17) is 11.6 Å². The Balaban J connectivity index is 2.24. The van der Waals surface area contributed by atoms with Crippen molar-refractivity contribution < 1.29 is 0 Å². The number of aromatic nitrogens is 2. The predicted octanol–water partition coefficient (Wildman–Crippen LogP) is 4.07. The minimum atomic E-state index is 0.255. The van der Waals surface area contributed by atoms with Gasteiger partial charge in [0, 0.05) is 16.8 Å². The van der Waals surface area contributed by atoms with E-state index in [-0.39, 0.29) is 6.04 Å². The first kappa shape index (κ1) is 13.6. The molecule has 0 spiro atoms. The van der Waals surface area contributed by atoms with E-state index in [0.717, 1.165) is 22.5 Å². The highest BCUT2D eigenvalue weighted by molar-refractivity contribution is 7.18. The molecule has 98 valence electrons. The number of rotatable bonds is 5. The van der Waals surface area contributed by atoms with Gasteiger partial charge in [-0.15, -0.1) is 22.9 Å². The molecular formula is C13H18ClN3S. The zero-order chi connectivity index (χ0) is 13.1. The third kappa shape index (κ3) is 3.12. The second kappa shape index (κ2) is 5.85. The molecule has 0 aliphatic carbocycles. The summed E-state index contributed by atoms with van der Waals surface area (Å²) >= 11 is 7.71. The van der Waals surface area contributed by atoms with Crippen LogP contribution in [0.15, 0.2) is 12.4 Å². The van der Waals surface area contributed by atoms with Crippen LogP contribution in [0.3, 0.4) is 0 Å². The first-order valence-corrected chi connectivity index (χ1v) is 7.49. The summed E-state index contributed by atoms with van der Waals surface area (Å²) in [5.74, 6) is 2.10. The molecule has 0 saturated heterocycles. The summed E-state index contributed by atoms with van der Waals surface area (Å²) in [5.41, 5.74) is 0. The van der Waals surface area contributed by atoms with E-state index in [9.17, 15) is 0 Å². The van der Waals surface area contributed by atoms with Crippen molar-refractivity contribution in [3.63, 3.8) is 0 Å². The Labute approximate surface area is 117 Å². The van der Waals surface area contributed by atoms with E-state index in [1.807, 2.05) is 0 Å². The molecule has 2 aromatic heterocycles. The van der Waals surface area contributed by atoms with Crippen LogP contribution in [0.2, 0.25) is 0 Å². The molecule has 0 aromatic carbocycles. The molecule has 18 heavy (non-hydrogen) atoms. The van der Waals surface area contributed by atoms with Gasteiger partial charge in [0.1, 0.15) is 17.0 Å². The molecule has 1 N–H and O–H groups in total. The third-order valence-electron chi connectivity index (χ3n) is 2.74. The first-order valence-electron chi connectivity index (χ1n) is 6.13. The molecule has 2 rings (SSSR count). The molecule has 0 fully saturated rings. The number of aryl methyl sites for hydroxylation is 1. The largest absolute Gasteiger partial charge is 0.365 e. The molecule has 5 heteroatoms. The molecule has 3 nitrogen and oxygen atoms in total. The van der Waals surface area contributed by atoms with Gasteiger partial charge in [-0.1, -0.05) is 13.8 Å². The normalized spacial score (nSPS) is 13.2. The Morgan fingerprint density at radius 3 is 2.83 bits per heavy atom. The lowest BCUT2D eigenvalue weighted by atomic mass is 10.1. The van der Waals surface area contributed by atoms with Gasteiger partial charge in [-0.3, -0.25) is 0 Å². The number of thiophene rings is 1. The van der Waals surface area contributed by atoms with Gasteiger partial charge in [0.05, 0.1) is 5.39 Å². The molecule has 0 aliphatic rings. The first-order chi connectivity index (χ1) is 8.60. The lowest BCUT2D eigenvalue weighted by Crippen LogP contribution is -2.24. The van der Waals surface area contributed by atoms with Crippen LogP contribution in [0.4, 0.5) is 5.82 Å². The van der Waals surface area contributed by atoms with Crippen molar-refractivity contribution in [3.8, 4) is 0 Å². The number of nitrogens with one attached hydrogen (secondary N) is 1. The van der Waals surface area contributed by atoms with Gasteiger partial charge in [-0.2, -0.15) is 0 Å². The monoisotopic (exact) mass is 283 g/mol. The maximum atomic E-state index is 6.01. The Hall–Kier alpha value is -0.870. The maximum Gasteiger partial charge on any atom is 0.138 e. The van der Waals surface area contributed by atoms with Gasteiger partial charge in [-0.25, -0.2) is 9.97 Å². The Bertz CT molecular complexity index is 524. The van der Waals surface area contributed by atoms with Crippen LogP contribution in [0.25, 0.3) is 10.2 Å². The van der Waals surface area contributed by atoms with E-state index in [1.54, 1.807) is 17.7 Å². The molecule has 0 saturated carbocycles. The van der Waals surface area contributed by atoms with E-state index >= 15 is 0 Å². The van der Waals surface area contributed by atoms with Gasteiger partial charge < -0.3 is 5.32 Å². The summed E-state index contributed by atoms with van der Waals surface area (Å²) in [6, 6.07) is 2.38. The van der Waals surface area contributed by atoms with E-state index < -0.39 is 0 Å². The van der Waals surface area contributed by atoms with Gasteiger partial charge in [0.15, 0.2) is 0 Å². The average molecular weight is 284 g/mol. The van der Waals surface area contributed by atoms with Crippen molar-refractivity contribution >= 4 is 39.0 Å². The molecule has 2 aromatic rings. The highest BCUT2D eigenvalue weighted by atomic mass is 35.5. The lowest BCUT2D eigenvalue weighted by Gasteiger charge is -2.18. The molecule has 0 radical (unpaired) electrons. The number of anilines is 1. The van der Waals surface area contributed by atoms with Gasteiger partial charge >= 0.3 is 0 Å². The molecule has 1 unspecified atom stereocenters. The number of fused-ring (bicyclic) bond motifs is 1. The SMILES string of the molecule is Cc1cc2c(NC(CCl)CC(C)C)ncnc2s1. The number of hydrogen-bond acceptors (Lipinski definition) is 4. The van der Waals surface area contributed by atoms with Crippen LogP contribution in [0, 0.1) is 12.8 Å². The summed E-state index contributed by atoms with van der Waals surface area (Å²) in [4.78, 5) is 10.9. The van der Waals surface area contributed by atoms with Crippen molar-refractivity contribution in [2.45, 2.75) is 33.2 Å². The molecule has 0 aliphatic heterocycles. The molecular weight excluding hydrogens is 266 g/mol. The third-order valence-corrected chi connectivity index (χ3v) is 4.07. The zero-order valence-corrected chi connectivity index (χ0v) is 12.5. The Kier molecular flexibility index (Phi) is 4.40. The predicted molar refractivity (Wildman–Crippen MR) is 79.7 cm³/mol. The second-order valence-corrected chi connectivity index (χ2v) is 6.47. The minimum absolute atomic E-state index is 0.255. The lowest BCUT2D eigenvalue weighted by molar-refractivity contribution is 0.541. The fourth-order valence-corrected chi connectivity index (χ4v) is 3.06. The van der Waals surface area contributed by atoms with Crippen molar-refractivity contribution in [2.75, 3.05) is 11.2 Å². The Morgan fingerprint density at radius 1 is 1.39 bits per heavy atom. The number of alkyl halides is 1. The summed E-state index contributed by atoms with van der Waals surface area (Å²) in [6.07, 6.45) is 2.65. The van der Waals surface area contributed by atoms with Gasteiger partial charge in [0.25, 0.3) is 0 Å². The fraction of sp³-hybridized carbons (Fsp3) is 0.538. The average Bonchev–Trinajstić information content (AvgIpc) is 2.69. The quantitative estimate of drug-likeness (QED) is 0.841. The summed E-state index contributed by atoms with van der Waals surface area (Å²) in [5, 5.41) is 4.54. The van der Waals surface area contributed by atoms with Crippen molar-refractivity contribution in [1.82, 2.24) is 9.97 Å². The summed E-state index contributed by atoms with van der Waals surface area (Å²) < 4.78 is 0. The highest BCUT2D eigenvalue weighted by Crippen LogP contribution is 2.28. The molecule has 1 atom stereocenters. The fourth-order valence-electron chi connectivity index (χ4n) is 2.01. The van der Waals surface area contributed by atoms with Crippen LogP contribution < -0.4 is 5.32 Å². The van der Waals surface area contributed by atoms with Crippen LogP contribution in [-0.2, 0) is 0 Å². The van der Waals surface area contributed by atoms with Crippen LogP contribution in [-0.4, -0.2) is 21.9 Å². The summed E-state index contributed by atoms with van der Waals surface area (Å²) in [7, 11) is 0. The molecule has 2 heterocycles. The zero-order valence-electron chi connectivity index (χ0n) is 10.9. The molecule has 0 amide bonds. The number of nitrogens with zero attached hydrogens (tertiary/aromatic N) is 2. The highest BCUT2D eigenvalue weighted by Gasteiger charge is 2.13. The Morgan fingerprint density at radius 2 is 2.17 bits per heavy atom. The van der Waals surface area contributed by atoms with Crippen molar-refractivity contribution in [3.05, 3.63) is 17.3 Å². The summed E-state index contributed by atoms with van der Waals surface area (Å²) in [6.45, 7) is 6.49. The van der Waals surface area contributed by atoms with E-state index in [2.05, 4.69) is 42.1 Å². The van der Waals surface area contributed by atoms with Gasteiger partial charge in [0.2, 0.25) is 0 Å². The second-order valence-electron chi connectivity index (χ2n) is 4.92. The number of halogens is 1.